The molecule has 0 spiro atoms. The summed E-state index contributed by atoms with van der Waals surface area (Å²) in [7, 11) is 0. The van der Waals surface area contributed by atoms with Crippen molar-refractivity contribution < 1.29 is 14.3 Å². The molecule has 3 heterocycles. The van der Waals surface area contributed by atoms with Crippen molar-refractivity contribution in [3.05, 3.63) is 71.8 Å². The number of hydrogen-bond donors (Lipinski definition) is 1. The van der Waals surface area contributed by atoms with Gasteiger partial charge in [-0.25, -0.2) is 0 Å². The maximum atomic E-state index is 13.0. The lowest BCUT2D eigenvalue weighted by Crippen LogP contribution is -2.67. The van der Waals surface area contributed by atoms with Crippen LogP contribution in [-0.2, 0) is 14.3 Å². The molecule has 6 heteroatoms. The molecule has 2 aromatic carbocycles. The zero-order valence-electron chi connectivity index (χ0n) is 17.9. The van der Waals surface area contributed by atoms with Gasteiger partial charge in [0.2, 0.25) is 5.91 Å². The van der Waals surface area contributed by atoms with Gasteiger partial charge in [-0.3, -0.25) is 9.69 Å². The molecule has 0 aliphatic carbocycles. The molecular weight excluding hydrogens is 390 g/mol. The van der Waals surface area contributed by atoms with Crippen LogP contribution in [-0.4, -0.2) is 80.5 Å². The number of piperazine rings is 2. The largest absolute Gasteiger partial charge is 0.355 e. The zero-order valence-corrected chi connectivity index (χ0v) is 17.9. The molecule has 0 aromatic heterocycles. The third-order valence-corrected chi connectivity index (χ3v) is 6.86. The van der Waals surface area contributed by atoms with Gasteiger partial charge < -0.3 is 19.7 Å². The first-order valence-electron chi connectivity index (χ1n) is 11.3. The summed E-state index contributed by atoms with van der Waals surface area (Å²) in [6, 6.07) is 22.3. The molecule has 0 bridgehead atoms. The van der Waals surface area contributed by atoms with Gasteiger partial charge in [-0.2, -0.15) is 0 Å². The van der Waals surface area contributed by atoms with E-state index in [-0.39, 0.29) is 11.8 Å². The molecule has 2 atom stereocenters. The lowest BCUT2D eigenvalue weighted by Gasteiger charge is -2.51. The van der Waals surface area contributed by atoms with Gasteiger partial charge in [-0.15, -0.1) is 0 Å². The van der Waals surface area contributed by atoms with Crippen molar-refractivity contribution >= 4 is 5.91 Å². The van der Waals surface area contributed by atoms with Crippen molar-refractivity contribution in [2.45, 2.75) is 18.0 Å². The van der Waals surface area contributed by atoms with Gasteiger partial charge in [0.05, 0.1) is 19.1 Å². The average molecular weight is 422 g/mol. The summed E-state index contributed by atoms with van der Waals surface area (Å²) in [5.74, 6) is 0.290. The predicted octanol–water partition coefficient (Wildman–Crippen LogP) is 1.92. The van der Waals surface area contributed by atoms with Gasteiger partial charge in [0.1, 0.15) is 6.79 Å². The number of amides is 1. The Balaban J connectivity index is 1.36. The van der Waals surface area contributed by atoms with E-state index >= 15 is 0 Å². The summed E-state index contributed by atoms with van der Waals surface area (Å²) in [6.45, 7) is 5.51. The molecule has 31 heavy (non-hydrogen) atoms. The maximum absolute atomic E-state index is 13.0. The first-order chi connectivity index (χ1) is 15.3. The smallest absolute Gasteiger partial charge is 0.230 e. The van der Waals surface area contributed by atoms with Crippen molar-refractivity contribution in [1.29, 1.82) is 0 Å². The molecule has 1 N–H and O–H groups in total. The van der Waals surface area contributed by atoms with E-state index in [0.29, 0.717) is 38.0 Å². The fourth-order valence-corrected chi connectivity index (χ4v) is 5.36. The van der Waals surface area contributed by atoms with E-state index in [1.807, 2.05) is 4.90 Å². The highest BCUT2D eigenvalue weighted by Gasteiger charge is 2.41. The van der Waals surface area contributed by atoms with Crippen molar-refractivity contribution in [1.82, 2.24) is 15.1 Å². The summed E-state index contributed by atoms with van der Waals surface area (Å²) < 4.78 is 10.7. The monoisotopic (exact) mass is 421 g/mol. The van der Waals surface area contributed by atoms with Gasteiger partial charge in [-0.05, 0) is 11.1 Å². The minimum atomic E-state index is -0.172. The standard InChI is InChI=1S/C25H31N3O3/c29-25(21-16-30-18-31-17-21)27-11-12-28-22(15-27)13-26-14-23(28)24(19-7-3-1-4-8-19)20-9-5-2-6-10-20/h1-10,21-24,26H,11-18H2/t22-,23+/m1/s1. The molecule has 5 rings (SSSR count). The average Bonchev–Trinajstić information content (AvgIpc) is 2.85. The zero-order chi connectivity index (χ0) is 21.0. The molecule has 164 valence electrons. The van der Waals surface area contributed by atoms with E-state index in [1.165, 1.54) is 11.1 Å². The van der Waals surface area contributed by atoms with Crippen molar-refractivity contribution in [3.63, 3.8) is 0 Å². The van der Waals surface area contributed by atoms with Gasteiger partial charge in [0.25, 0.3) is 0 Å². The Morgan fingerprint density at radius 1 is 0.903 bits per heavy atom. The van der Waals surface area contributed by atoms with Crippen LogP contribution in [0.15, 0.2) is 60.7 Å². The highest BCUT2D eigenvalue weighted by atomic mass is 16.7. The van der Waals surface area contributed by atoms with Crippen molar-refractivity contribution in [2.75, 3.05) is 52.7 Å². The molecule has 3 aliphatic rings. The number of rotatable bonds is 4. The predicted molar refractivity (Wildman–Crippen MR) is 119 cm³/mol. The normalized spacial score (nSPS) is 25.4. The number of carbonyl (C=O) groups is 1. The summed E-state index contributed by atoms with van der Waals surface area (Å²) >= 11 is 0. The number of nitrogens with zero attached hydrogens (tertiary/aromatic N) is 2. The van der Waals surface area contributed by atoms with Gasteiger partial charge in [0.15, 0.2) is 0 Å². The molecule has 1 amide bonds. The SMILES string of the molecule is O=C(C1COCOC1)N1CCN2[C@H](CNC[C@H]2C(c2ccccc2)c2ccccc2)C1. The first-order valence-corrected chi connectivity index (χ1v) is 11.3. The second-order valence-electron chi connectivity index (χ2n) is 8.76. The Kier molecular flexibility index (Phi) is 6.32. The minimum Gasteiger partial charge on any atom is -0.355 e. The van der Waals surface area contributed by atoms with Crippen LogP contribution in [0.3, 0.4) is 0 Å². The fourth-order valence-electron chi connectivity index (χ4n) is 5.36. The van der Waals surface area contributed by atoms with Crippen LogP contribution in [0.4, 0.5) is 0 Å². The number of ether oxygens (including phenoxy) is 2. The lowest BCUT2D eigenvalue weighted by atomic mass is 9.82. The highest BCUT2D eigenvalue weighted by Crippen LogP contribution is 2.34. The van der Waals surface area contributed by atoms with Crippen molar-refractivity contribution in [3.8, 4) is 0 Å². The molecule has 2 aromatic rings. The second-order valence-corrected chi connectivity index (χ2v) is 8.76. The number of hydrogen-bond acceptors (Lipinski definition) is 5. The number of nitrogens with one attached hydrogen (secondary N) is 1. The van der Waals surface area contributed by atoms with E-state index in [4.69, 9.17) is 9.47 Å². The summed E-state index contributed by atoms with van der Waals surface area (Å²) in [5.41, 5.74) is 2.69. The molecular formula is C25H31N3O3. The number of benzene rings is 2. The molecule has 0 saturated carbocycles. The topological polar surface area (TPSA) is 54.0 Å². The fraction of sp³-hybridized carbons (Fsp3) is 0.480. The first kappa shape index (κ1) is 20.6. The molecule has 0 radical (unpaired) electrons. The minimum absolute atomic E-state index is 0.171. The van der Waals surface area contributed by atoms with Crippen LogP contribution in [0.2, 0.25) is 0 Å². The van der Waals surface area contributed by atoms with Crippen LogP contribution in [0.1, 0.15) is 17.0 Å². The Hall–Kier alpha value is -2.25. The number of carbonyl (C=O) groups excluding carboxylic acids is 1. The summed E-state index contributed by atoms with van der Waals surface area (Å²) in [6.07, 6.45) is 0. The highest BCUT2D eigenvalue weighted by molar-refractivity contribution is 5.79. The summed E-state index contributed by atoms with van der Waals surface area (Å²) in [5, 5.41) is 3.66. The van der Waals surface area contributed by atoms with Crippen LogP contribution in [0.25, 0.3) is 0 Å². The lowest BCUT2D eigenvalue weighted by molar-refractivity contribution is -0.163. The Bertz CT molecular complexity index is 817. The van der Waals surface area contributed by atoms with E-state index in [2.05, 4.69) is 70.9 Å². The Labute approximate surface area is 184 Å². The molecule has 3 aliphatic heterocycles. The maximum Gasteiger partial charge on any atom is 0.230 e. The molecule has 3 saturated heterocycles. The molecule has 6 nitrogen and oxygen atoms in total. The third kappa shape index (κ3) is 4.39. The van der Waals surface area contributed by atoms with Crippen LogP contribution in [0, 0.1) is 5.92 Å². The van der Waals surface area contributed by atoms with E-state index in [1.54, 1.807) is 0 Å². The van der Waals surface area contributed by atoms with Crippen LogP contribution < -0.4 is 5.32 Å². The Morgan fingerprint density at radius 2 is 1.55 bits per heavy atom. The van der Waals surface area contributed by atoms with Crippen molar-refractivity contribution in [2.24, 2.45) is 5.92 Å². The Morgan fingerprint density at radius 3 is 2.19 bits per heavy atom. The second kappa shape index (κ2) is 9.49. The quantitative estimate of drug-likeness (QED) is 0.818. The third-order valence-electron chi connectivity index (χ3n) is 6.86. The van der Waals surface area contributed by atoms with Gasteiger partial charge >= 0.3 is 0 Å². The van der Waals surface area contributed by atoms with Gasteiger partial charge in [0, 0.05) is 50.7 Å². The molecule has 0 unspecified atom stereocenters. The number of fused-ring (bicyclic) bond motifs is 1. The van der Waals surface area contributed by atoms with Crippen LogP contribution >= 0.6 is 0 Å². The van der Waals surface area contributed by atoms with Gasteiger partial charge in [-0.1, -0.05) is 60.7 Å². The van der Waals surface area contributed by atoms with E-state index in [0.717, 1.165) is 32.7 Å². The summed E-state index contributed by atoms with van der Waals surface area (Å²) in [4.78, 5) is 17.7. The molecule has 3 fully saturated rings. The van der Waals surface area contributed by atoms with Crippen LogP contribution in [0.5, 0.6) is 0 Å². The van der Waals surface area contributed by atoms with E-state index < -0.39 is 0 Å². The van der Waals surface area contributed by atoms with E-state index in [9.17, 15) is 4.79 Å².